The molecule has 0 aliphatic rings. The molecule has 0 saturated carbocycles. The van der Waals surface area contributed by atoms with Crippen LogP contribution in [-0.4, -0.2) is 11.2 Å². The van der Waals surface area contributed by atoms with Gasteiger partial charge in [0.05, 0.1) is 0 Å². The number of nitrogens with zero attached hydrogens (tertiary/aromatic N) is 1. The van der Waals surface area contributed by atoms with Crippen molar-refractivity contribution >= 4 is 23.2 Å². The summed E-state index contributed by atoms with van der Waals surface area (Å²) in [5, 5.41) is 18.7. The van der Waals surface area contributed by atoms with Crippen molar-refractivity contribution in [3.05, 3.63) is 65.2 Å². The number of anilines is 1. The van der Waals surface area contributed by atoms with E-state index in [2.05, 4.69) is 15.8 Å². The zero-order valence-electron chi connectivity index (χ0n) is 10.2. The van der Waals surface area contributed by atoms with Crippen molar-refractivity contribution in [3.8, 4) is 0 Å². The number of halogens is 1. The molecule has 0 bridgehead atoms. The predicted octanol–water partition coefficient (Wildman–Crippen LogP) is 3.29. The largest absolute Gasteiger partial charge is 0.408 e. The molecule has 0 radical (unpaired) electrons. The molecule has 0 spiro atoms. The van der Waals surface area contributed by atoms with Crippen molar-refractivity contribution in [2.75, 3.05) is 5.32 Å². The van der Waals surface area contributed by atoms with Crippen LogP contribution in [0.25, 0.3) is 0 Å². The van der Waals surface area contributed by atoms with Crippen LogP contribution in [-0.2, 0) is 6.54 Å². The van der Waals surface area contributed by atoms with E-state index >= 15 is 0 Å². The Morgan fingerprint density at radius 2 is 1.89 bits per heavy atom. The normalized spacial score (nSPS) is 11.1. The first-order valence-corrected chi connectivity index (χ1v) is 6.18. The van der Waals surface area contributed by atoms with Crippen LogP contribution in [0.2, 0.25) is 5.02 Å². The third kappa shape index (κ3) is 4.19. The molecule has 0 fully saturated rings. The standard InChI is InChI=1S/C14H14ClN3O/c15-12-7-4-8-13(9-12)17-14(18-19)16-10-11-5-2-1-3-6-11/h1-9,19H,10H2,(H2,16,17,18). The van der Waals surface area contributed by atoms with Gasteiger partial charge in [0.25, 0.3) is 0 Å². The molecule has 2 aromatic rings. The van der Waals surface area contributed by atoms with Gasteiger partial charge in [-0.25, -0.2) is 0 Å². The van der Waals surface area contributed by atoms with Crippen molar-refractivity contribution < 1.29 is 5.21 Å². The molecule has 98 valence electrons. The van der Waals surface area contributed by atoms with Crippen LogP contribution in [0.4, 0.5) is 5.69 Å². The first-order chi connectivity index (χ1) is 9.28. The second-order valence-electron chi connectivity index (χ2n) is 3.92. The number of guanidine groups is 1. The lowest BCUT2D eigenvalue weighted by Crippen LogP contribution is -2.30. The molecule has 5 heteroatoms. The van der Waals surface area contributed by atoms with Gasteiger partial charge >= 0.3 is 0 Å². The highest BCUT2D eigenvalue weighted by Gasteiger charge is 2.01. The van der Waals surface area contributed by atoms with Gasteiger partial charge in [0.15, 0.2) is 0 Å². The maximum atomic E-state index is 8.96. The van der Waals surface area contributed by atoms with Gasteiger partial charge in [-0.1, -0.05) is 53.2 Å². The van der Waals surface area contributed by atoms with Crippen molar-refractivity contribution in [2.24, 2.45) is 5.16 Å². The lowest BCUT2D eigenvalue weighted by molar-refractivity contribution is 0.316. The van der Waals surface area contributed by atoms with Gasteiger partial charge in [-0.2, -0.15) is 0 Å². The lowest BCUT2D eigenvalue weighted by Gasteiger charge is -2.10. The molecule has 0 saturated heterocycles. The Balaban J connectivity index is 1.94. The molecule has 2 aromatic carbocycles. The van der Waals surface area contributed by atoms with Crippen molar-refractivity contribution in [1.82, 2.24) is 5.32 Å². The minimum absolute atomic E-state index is 0.270. The van der Waals surface area contributed by atoms with Crippen LogP contribution in [0.3, 0.4) is 0 Å². The van der Waals surface area contributed by atoms with Gasteiger partial charge in [-0.3, -0.25) is 0 Å². The van der Waals surface area contributed by atoms with Crippen molar-refractivity contribution in [3.63, 3.8) is 0 Å². The van der Waals surface area contributed by atoms with E-state index in [1.165, 1.54) is 0 Å². The Morgan fingerprint density at radius 3 is 2.58 bits per heavy atom. The monoisotopic (exact) mass is 275 g/mol. The third-order valence-corrected chi connectivity index (χ3v) is 2.73. The number of benzene rings is 2. The van der Waals surface area contributed by atoms with Crippen LogP contribution in [0.15, 0.2) is 59.8 Å². The summed E-state index contributed by atoms with van der Waals surface area (Å²) in [5.41, 5.74) is 1.84. The summed E-state index contributed by atoms with van der Waals surface area (Å²) in [6.07, 6.45) is 0. The lowest BCUT2D eigenvalue weighted by atomic mass is 10.2. The van der Waals surface area contributed by atoms with Gasteiger partial charge in [-0.15, -0.1) is 0 Å². The number of oxime groups is 1. The van der Waals surface area contributed by atoms with Crippen molar-refractivity contribution in [1.29, 1.82) is 0 Å². The molecular weight excluding hydrogens is 262 g/mol. The molecule has 4 nitrogen and oxygen atoms in total. The second kappa shape index (κ2) is 6.66. The minimum Gasteiger partial charge on any atom is -0.408 e. The summed E-state index contributed by atoms with van der Waals surface area (Å²) in [5.74, 6) is 0.270. The summed E-state index contributed by atoms with van der Waals surface area (Å²) >= 11 is 5.88. The van der Waals surface area contributed by atoms with Crippen molar-refractivity contribution in [2.45, 2.75) is 6.54 Å². The summed E-state index contributed by atoms with van der Waals surface area (Å²) in [4.78, 5) is 0. The van der Waals surface area contributed by atoms with E-state index in [4.69, 9.17) is 16.8 Å². The molecule has 0 aliphatic heterocycles. The Bertz CT molecular complexity index is 558. The fourth-order valence-electron chi connectivity index (χ4n) is 1.59. The molecule has 0 aromatic heterocycles. The molecule has 2 rings (SSSR count). The number of hydrogen-bond donors (Lipinski definition) is 3. The molecule has 0 heterocycles. The highest BCUT2D eigenvalue weighted by atomic mass is 35.5. The summed E-state index contributed by atoms with van der Waals surface area (Å²) in [6.45, 7) is 0.563. The molecule has 0 aliphatic carbocycles. The van der Waals surface area contributed by atoms with Crippen LogP contribution >= 0.6 is 11.6 Å². The Kier molecular flexibility index (Phi) is 4.64. The first-order valence-electron chi connectivity index (χ1n) is 5.80. The number of rotatable bonds is 3. The Hall–Kier alpha value is -2.20. The highest BCUT2D eigenvalue weighted by Crippen LogP contribution is 2.14. The van der Waals surface area contributed by atoms with E-state index in [-0.39, 0.29) is 5.96 Å². The van der Waals surface area contributed by atoms with Gasteiger partial charge in [0.1, 0.15) is 0 Å². The molecule has 0 atom stereocenters. The van der Waals surface area contributed by atoms with Gasteiger partial charge in [0, 0.05) is 17.3 Å². The van der Waals surface area contributed by atoms with E-state index < -0.39 is 0 Å². The Morgan fingerprint density at radius 1 is 1.11 bits per heavy atom. The van der Waals surface area contributed by atoms with Crippen LogP contribution in [0, 0.1) is 0 Å². The topological polar surface area (TPSA) is 56.7 Å². The summed E-state index contributed by atoms with van der Waals surface area (Å²) in [7, 11) is 0. The SMILES string of the molecule is O/N=C(\NCc1ccccc1)Nc1cccc(Cl)c1. The zero-order chi connectivity index (χ0) is 13.5. The van der Waals surface area contributed by atoms with E-state index in [9.17, 15) is 0 Å². The molecule has 3 N–H and O–H groups in total. The third-order valence-electron chi connectivity index (χ3n) is 2.49. The summed E-state index contributed by atoms with van der Waals surface area (Å²) < 4.78 is 0. The minimum atomic E-state index is 0.270. The van der Waals surface area contributed by atoms with Gasteiger partial charge < -0.3 is 15.8 Å². The molecular formula is C14H14ClN3O. The average molecular weight is 276 g/mol. The first kappa shape index (κ1) is 13.2. The van der Waals surface area contributed by atoms with Gasteiger partial charge in [-0.05, 0) is 23.8 Å². The van der Waals surface area contributed by atoms with E-state index in [1.807, 2.05) is 42.5 Å². The number of hydrogen-bond acceptors (Lipinski definition) is 2. The van der Waals surface area contributed by atoms with Gasteiger partial charge in [0.2, 0.25) is 5.96 Å². The number of nitrogens with one attached hydrogen (secondary N) is 2. The predicted molar refractivity (Wildman–Crippen MR) is 77.6 cm³/mol. The quantitative estimate of drug-likeness (QED) is 0.349. The maximum Gasteiger partial charge on any atom is 0.238 e. The molecule has 0 unspecified atom stereocenters. The second-order valence-corrected chi connectivity index (χ2v) is 4.36. The average Bonchev–Trinajstić information content (AvgIpc) is 2.44. The van der Waals surface area contributed by atoms with Crippen LogP contribution in [0.1, 0.15) is 5.56 Å². The maximum absolute atomic E-state index is 8.96. The molecule has 19 heavy (non-hydrogen) atoms. The highest BCUT2D eigenvalue weighted by molar-refractivity contribution is 6.30. The van der Waals surface area contributed by atoms with Crippen LogP contribution in [0.5, 0.6) is 0 Å². The zero-order valence-corrected chi connectivity index (χ0v) is 10.9. The smallest absolute Gasteiger partial charge is 0.238 e. The molecule has 0 amide bonds. The van der Waals surface area contributed by atoms with E-state index in [0.29, 0.717) is 11.6 Å². The fraction of sp³-hybridized carbons (Fsp3) is 0.0714. The van der Waals surface area contributed by atoms with Crippen LogP contribution < -0.4 is 10.6 Å². The summed E-state index contributed by atoms with van der Waals surface area (Å²) in [6, 6.07) is 17.0. The fourth-order valence-corrected chi connectivity index (χ4v) is 1.78. The van der Waals surface area contributed by atoms with E-state index in [1.54, 1.807) is 12.1 Å². The van der Waals surface area contributed by atoms with E-state index in [0.717, 1.165) is 11.3 Å². The Labute approximate surface area is 116 Å².